The average molecular weight is 347 g/mol. The molecule has 1 aromatic heterocycles. The van der Waals surface area contributed by atoms with Gasteiger partial charge in [0.2, 0.25) is 5.91 Å². The van der Waals surface area contributed by atoms with E-state index in [1.165, 1.54) is 6.42 Å². The van der Waals surface area contributed by atoms with Gasteiger partial charge >= 0.3 is 0 Å². The van der Waals surface area contributed by atoms with Crippen molar-refractivity contribution in [2.75, 3.05) is 51.2 Å². The summed E-state index contributed by atoms with van der Waals surface area (Å²) in [6.45, 7) is 9.65. The van der Waals surface area contributed by atoms with E-state index in [0.717, 1.165) is 32.0 Å². The van der Waals surface area contributed by atoms with Gasteiger partial charge in [0.25, 0.3) is 0 Å². The third-order valence-corrected chi connectivity index (χ3v) is 4.89. The summed E-state index contributed by atoms with van der Waals surface area (Å²) < 4.78 is 5.81. The van der Waals surface area contributed by atoms with Crippen molar-refractivity contribution in [2.45, 2.75) is 26.4 Å². The van der Waals surface area contributed by atoms with Crippen molar-refractivity contribution in [2.24, 2.45) is 11.8 Å². The fourth-order valence-electron chi connectivity index (χ4n) is 3.82. The topological polar surface area (TPSA) is 70.6 Å². The molecule has 0 bridgehead atoms. The van der Waals surface area contributed by atoms with E-state index in [2.05, 4.69) is 34.3 Å². The van der Waals surface area contributed by atoms with Gasteiger partial charge in [0.1, 0.15) is 5.82 Å². The fourth-order valence-corrected chi connectivity index (χ4v) is 3.82. The van der Waals surface area contributed by atoms with E-state index in [9.17, 15) is 4.79 Å². The number of hydrogen-bond acceptors (Lipinski definition) is 6. The molecule has 0 unspecified atom stereocenters. The van der Waals surface area contributed by atoms with Crippen molar-refractivity contribution >= 4 is 11.7 Å². The molecular weight excluding hydrogens is 318 g/mol. The van der Waals surface area contributed by atoms with E-state index >= 15 is 0 Å². The number of likely N-dealkylation sites (tertiary alicyclic amines) is 1. The normalized spacial score (nSPS) is 27.9. The molecule has 0 radical (unpaired) electrons. The van der Waals surface area contributed by atoms with Crippen LogP contribution in [0.1, 0.15) is 20.3 Å². The zero-order chi connectivity index (χ0) is 17.6. The molecule has 1 amide bonds. The second-order valence-electron chi connectivity index (χ2n) is 7.46. The Hall–Kier alpha value is -1.73. The first-order valence-electron chi connectivity index (χ1n) is 9.23. The van der Waals surface area contributed by atoms with Gasteiger partial charge in [0, 0.05) is 38.9 Å². The summed E-state index contributed by atoms with van der Waals surface area (Å²) in [5.41, 5.74) is 0. The van der Waals surface area contributed by atoms with Crippen molar-refractivity contribution in [3.8, 4) is 0 Å². The van der Waals surface area contributed by atoms with Crippen molar-refractivity contribution in [1.82, 2.24) is 20.0 Å². The maximum Gasteiger partial charge on any atom is 0.236 e. The Balaban J connectivity index is 1.45. The molecule has 138 valence electrons. The fraction of sp³-hybridized carbons (Fsp3) is 0.722. The number of aromatic nitrogens is 2. The molecule has 3 heterocycles. The van der Waals surface area contributed by atoms with Crippen LogP contribution in [0.2, 0.25) is 0 Å². The minimum absolute atomic E-state index is 0.0581. The number of hydrogen-bond donors (Lipinski definition) is 1. The Bertz CT molecular complexity index is 546. The van der Waals surface area contributed by atoms with E-state index in [4.69, 9.17) is 4.74 Å². The Morgan fingerprint density at radius 3 is 2.84 bits per heavy atom. The number of nitrogens with zero attached hydrogens (tertiary/aromatic N) is 4. The van der Waals surface area contributed by atoms with Gasteiger partial charge in [-0.25, -0.2) is 0 Å². The van der Waals surface area contributed by atoms with Crippen LogP contribution in [0.5, 0.6) is 0 Å². The third kappa shape index (κ3) is 5.37. The number of rotatable bonds is 5. The van der Waals surface area contributed by atoms with Gasteiger partial charge in [0.05, 0.1) is 19.3 Å². The highest BCUT2D eigenvalue weighted by atomic mass is 16.5. The maximum atomic E-state index is 12.7. The average Bonchev–Trinajstić information content (AvgIpc) is 2.60. The van der Waals surface area contributed by atoms with Crippen LogP contribution in [0, 0.1) is 11.8 Å². The monoisotopic (exact) mass is 347 g/mol. The summed E-state index contributed by atoms with van der Waals surface area (Å²) in [6.07, 6.45) is 2.93. The number of nitrogens with one attached hydrogen (secondary N) is 1. The first kappa shape index (κ1) is 18.1. The molecule has 0 saturated carbocycles. The van der Waals surface area contributed by atoms with Crippen LogP contribution in [0.3, 0.4) is 0 Å². The van der Waals surface area contributed by atoms with E-state index in [0.29, 0.717) is 31.5 Å². The van der Waals surface area contributed by atoms with Crippen LogP contribution in [0.25, 0.3) is 0 Å². The van der Waals surface area contributed by atoms with Crippen LogP contribution >= 0.6 is 0 Å². The molecule has 3 atom stereocenters. The SMILES string of the molecule is C[C@@H]1C[C@H](C)CN(C(=O)CN2CCO[C@@H](CNc3cccnn3)C2)C1. The molecule has 7 heteroatoms. The second-order valence-corrected chi connectivity index (χ2v) is 7.46. The summed E-state index contributed by atoms with van der Waals surface area (Å²) in [7, 11) is 0. The van der Waals surface area contributed by atoms with E-state index in [1.807, 2.05) is 17.0 Å². The smallest absolute Gasteiger partial charge is 0.236 e. The van der Waals surface area contributed by atoms with Crippen LogP contribution < -0.4 is 5.32 Å². The molecule has 2 fully saturated rings. The number of anilines is 1. The van der Waals surface area contributed by atoms with Gasteiger partial charge in [-0.05, 0) is 30.4 Å². The lowest BCUT2D eigenvalue weighted by atomic mass is 9.92. The number of ether oxygens (including phenoxy) is 1. The van der Waals surface area contributed by atoms with Crippen molar-refractivity contribution in [3.63, 3.8) is 0 Å². The number of carbonyl (C=O) groups is 1. The van der Waals surface area contributed by atoms with E-state index in [-0.39, 0.29) is 12.0 Å². The maximum absolute atomic E-state index is 12.7. The summed E-state index contributed by atoms with van der Waals surface area (Å²) >= 11 is 0. The molecule has 2 saturated heterocycles. The van der Waals surface area contributed by atoms with Gasteiger partial charge < -0.3 is 15.0 Å². The molecule has 0 aromatic carbocycles. The van der Waals surface area contributed by atoms with E-state index < -0.39 is 0 Å². The van der Waals surface area contributed by atoms with Gasteiger partial charge in [-0.3, -0.25) is 9.69 Å². The Labute approximate surface area is 149 Å². The molecule has 2 aliphatic heterocycles. The Kier molecular flexibility index (Phi) is 6.20. The zero-order valence-corrected chi connectivity index (χ0v) is 15.2. The molecule has 0 aliphatic carbocycles. The van der Waals surface area contributed by atoms with Gasteiger partial charge in [-0.2, -0.15) is 5.10 Å². The molecular formula is C18H29N5O2. The quantitative estimate of drug-likeness (QED) is 0.860. The number of morpholine rings is 1. The van der Waals surface area contributed by atoms with Crippen molar-refractivity contribution in [1.29, 1.82) is 0 Å². The lowest BCUT2D eigenvalue weighted by Gasteiger charge is -2.38. The van der Waals surface area contributed by atoms with Crippen molar-refractivity contribution in [3.05, 3.63) is 18.3 Å². The highest BCUT2D eigenvalue weighted by Gasteiger charge is 2.28. The first-order chi connectivity index (χ1) is 12.1. The third-order valence-electron chi connectivity index (χ3n) is 4.89. The van der Waals surface area contributed by atoms with Crippen LogP contribution in [0.15, 0.2) is 18.3 Å². The van der Waals surface area contributed by atoms with Gasteiger partial charge in [-0.1, -0.05) is 13.8 Å². The standard InChI is InChI=1S/C18H29N5O2/c1-14-8-15(2)11-23(10-14)18(24)13-22-6-7-25-16(12-22)9-19-17-4-3-5-20-21-17/h3-5,14-16H,6-13H2,1-2H3,(H,19,21)/t14-,15+,16-/m0/s1. The largest absolute Gasteiger partial charge is 0.374 e. The lowest BCUT2D eigenvalue weighted by Crippen LogP contribution is -2.51. The summed E-state index contributed by atoms with van der Waals surface area (Å²) in [4.78, 5) is 16.9. The molecule has 2 aliphatic rings. The number of carbonyl (C=O) groups excluding carboxylic acids is 1. The molecule has 0 spiro atoms. The predicted molar refractivity (Wildman–Crippen MR) is 96.2 cm³/mol. The molecule has 7 nitrogen and oxygen atoms in total. The molecule has 1 N–H and O–H groups in total. The Morgan fingerprint density at radius 2 is 2.12 bits per heavy atom. The molecule has 25 heavy (non-hydrogen) atoms. The van der Waals surface area contributed by atoms with Crippen LogP contribution in [-0.2, 0) is 9.53 Å². The Morgan fingerprint density at radius 1 is 1.32 bits per heavy atom. The number of amides is 1. The highest BCUT2D eigenvalue weighted by molar-refractivity contribution is 5.78. The number of piperidine rings is 1. The van der Waals surface area contributed by atoms with E-state index in [1.54, 1.807) is 6.20 Å². The summed E-state index contributed by atoms with van der Waals surface area (Å²) in [5, 5.41) is 11.1. The van der Waals surface area contributed by atoms with Crippen LogP contribution in [0.4, 0.5) is 5.82 Å². The second kappa shape index (κ2) is 8.58. The summed E-state index contributed by atoms with van der Waals surface area (Å²) in [5.74, 6) is 2.19. The van der Waals surface area contributed by atoms with Gasteiger partial charge in [-0.15, -0.1) is 5.10 Å². The molecule has 1 aromatic rings. The first-order valence-corrected chi connectivity index (χ1v) is 9.23. The molecule has 3 rings (SSSR count). The zero-order valence-electron chi connectivity index (χ0n) is 15.2. The van der Waals surface area contributed by atoms with Gasteiger partial charge in [0.15, 0.2) is 0 Å². The lowest BCUT2D eigenvalue weighted by molar-refractivity contribution is -0.136. The van der Waals surface area contributed by atoms with Crippen molar-refractivity contribution < 1.29 is 9.53 Å². The minimum Gasteiger partial charge on any atom is -0.374 e. The summed E-state index contributed by atoms with van der Waals surface area (Å²) in [6, 6.07) is 3.73. The van der Waals surface area contributed by atoms with Crippen LogP contribution in [-0.4, -0.2) is 77.9 Å². The minimum atomic E-state index is 0.0581. The predicted octanol–water partition coefficient (Wildman–Crippen LogP) is 1.09. The highest BCUT2D eigenvalue weighted by Crippen LogP contribution is 2.21.